The van der Waals surface area contributed by atoms with E-state index in [-0.39, 0.29) is 0 Å². The molecular formula is C24H21ClN4O. The van der Waals surface area contributed by atoms with E-state index in [9.17, 15) is 0 Å². The van der Waals surface area contributed by atoms with Gasteiger partial charge in [0.15, 0.2) is 5.84 Å². The van der Waals surface area contributed by atoms with Gasteiger partial charge in [-0.2, -0.15) is 5.10 Å². The highest BCUT2D eigenvalue weighted by Gasteiger charge is 2.18. The Labute approximate surface area is 180 Å². The second-order valence-electron chi connectivity index (χ2n) is 7.20. The second kappa shape index (κ2) is 8.30. The number of morpholine rings is 1. The smallest absolute Gasteiger partial charge is 0.154 e. The SMILES string of the molecule is Clc1ccc(C2=Nc3ccccc3C(c3ccc(N4CCOCC4)cc3)=NN2)cc1. The van der Waals surface area contributed by atoms with E-state index >= 15 is 0 Å². The summed E-state index contributed by atoms with van der Waals surface area (Å²) in [5.74, 6) is 0.694. The first-order valence-corrected chi connectivity index (χ1v) is 10.4. The number of halogens is 1. The van der Waals surface area contributed by atoms with Crippen LogP contribution in [-0.4, -0.2) is 37.9 Å². The van der Waals surface area contributed by atoms with Crippen molar-refractivity contribution in [2.24, 2.45) is 10.1 Å². The van der Waals surface area contributed by atoms with Crippen LogP contribution < -0.4 is 10.3 Å². The van der Waals surface area contributed by atoms with Gasteiger partial charge in [-0.3, -0.25) is 5.43 Å². The van der Waals surface area contributed by atoms with Crippen molar-refractivity contribution in [1.29, 1.82) is 0 Å². The quantitative estimate of drug-likeness (QED) is 0.678. The number of hydrazone groups is 1. The maximum atomic E-state index is 6.04. The highest BCUT2D eigenvalue weighted by molar-refractivity contribution is 6.30. The predicted molar refractivity (Wildman–Crippen MR) is 122 cm³/mol. The molecule has 5 rings (SSSR count). The van der Waals surface area contributed by atoms with Crippen molar-refractivity contribution < 1.29 is 4.74 Å². The molecule has 3 aromatic rings. The minimum absolute atomic E-state index is 0.693. The molecular weight excluding hydrogens is 396 g/mol. The Kier molecular flexibility index (Phi) is 5.22. The third-order valence-electron chi connectivity index (χ3n) is 5.30. The minimum atomic E-state index is 0.693. The molecule has 2 aliphatic rings. The fourth-order valence-electron chi connectivity index (χ4n) is 3.69. The Morgan fingerprint density at radius 1 is 0.833 bits per heavy atom. The lowest BCUT2D eigenvalue weighted by atomic mass is 10.0. The van der Waals surface area contributed by atoms with Crippen LogP contribution in [0.5, 0.6) is 0 Å². The Balaban J connectivity index is 1.49. The monoisotopic (exact) mass is 416 g/mol. The lowest BCUT2D eigenvalue weighted by Crippen LogP contribution is -2.36. The van der Waals surface area contributed by atoms with Crippen LogP contribution in [0.25, 0.3) is 0 Å². The van der Waals surface area contributed by atoms with Gasteiger partial charge in [-0.1, -0.05) is 41.9 Å². The number of hydrogen-bond acceptors (Lipinski definition) is 5. The summed E-state index contributed by atoms with van der Waals surface area (Å²) in [5, 5.41) is 5.42. The molecule has 30 heavy (non-hydrogen) atoms. The molecule has 0 aromatic heterocycles. The van der Waals surface area contributed by atoms with E-state index in [0.717, 1.165) is 54.4 Å². The van der Waals surface area contributed by atoms with Crippen LogP contribution >= 0.6 is 11.6 Å². The maximum absolute atomic E-state index is 6.04. The van der Waals surface area contributed by atoms with Gasteiger partial charge in [-0.05, 0) is 42.5 Å². The van der Waals surface area contributed by atoms with Gasteiger partial charge in [-0.25, -0.2) is 4.99 Å². The number of anilines is 1. The number of nitrogens with one attached hydrogen (secondary N) is 1. The third kappa shape index (κ3) is 3.82. The summed E-state index contributed by atoms with van der Waals surface area (Å²) >= 11 is 6.04. The van der Waals surface area contributed by atoms with Gasteiger partial charge in [0.1, 0.15) is 0 Å². The van der Waals surface area contributed by atoms with Crippen molar-refractivity contribution in [3.05, 3.63) is 94.5 Å². The summed E-state index contributed by atoms with van der Waals surface area (Å²) < 4.78 is 5.46. The molecule has 0 saturated carbocycles. The van der Waals surface area contributed by atoms with E-state index in [1.54, 1.807) is 0 Å². The van der Waals surface area contributed by atoms with E-state index in [1.165, 1.54) is 5.69 Å². The summed E-state index contributed by atoms with van der Waals surface area (Å²) in [7, 11) is 0. The first-order valence-electron chi connectivity index (χ1n) is 9.99. The molecule has 2 aliphatic heterocycles. The molecule has 0 unspecified atom stereocenters. The number of benzene rings is 3. The Morgan fingerprint density at radius 2 is 1.53 bits per heavy atom. The Bertz CT molecular complexity index is 1100. The molecule has 0 radical (unpaired) electrons. The van der Waals surface area contributed by atoms with Gasteiger partial charge in [0.25, 0.3) is 0 Å². The van der Waals surface area contributed by atoms with Crippen LogP contribution in [0.4, 0.5) is 11.4 Å². The number of hydrogen-bond donors (Lipinski definition) is 1. The highest BCUT2D eigenvalue weighted by Crippen LogP contribution is 2.27. The predicted octanol–water partition coefficient (Wildman–Crippen LogP) is 4.61. The van der Waals surface area contributed by atoms with Gasteiger partial charge in [-0.15, -0.1) is 0 Å². The number of rotatable bonds is 3. The van der Waals surface area contributed by atoms with Crippen LogP contribution in [0, 0.1) is 0 Å². The molecule has 150 valence electrons. The maximum Gasteiger partial charge on any atom is 0.154 e. The van der Waals surface area contributed by atoms with Gasteiger partial charge in [0, 0.05) is 40.5 Å². The lowest BCUT2D eigenvalue weighted by molar-refractivity contribution is 0.122. The average molecular weight is 417 g/mol. The molecule has 0 aliphatic carbocycles. The first-order chi connectivity index (χ1) is 14.8. The zero-order valence-electron chi connectivity index (χ0n) is 16.4. The standard InChI is InChI=1S/C24H21ClN4O/c25-19-9-5-18(6-10-19)24-26-22-4-2-1-3-21(22)23(27-28-24)17-7-11-20(12-8-17)29-13-15-30-16-14-29/h1-12H,13-16H2,(H,26,28). The van der Waals surface area contributed by atoms with Gasteiger partial charge >= 0.3 is 0 Å². The Morgan fingerprint density at radius 3 is 2.30 bits per heavy atom. The number of ether oxygens (including phenoxy) is 1. The molecule has 3 aromatic carbocycles. The van der Waals surface area contributed by atoms with Crippen LogP contribution in [0.2, 0.25) is 5.02 Å². The minimum Gasteiger partial charge on any atom is -0.378 e. The molecule has 0 bridgehead atoms. The first kappa shape index (κ1) is 18.9. The second-order valence-corrected chi connectivity index (χ2v) is 7.64. The van der Waals surface area contributed by atoms with E-state index in [4.69, 9.17) is 26.4 Å². The summed E-state index contributed by atoms with van der Waals surface area (Å²) in [4.78, 5) is 7.17. The molecule has 2 heterocycles. The van der Waals surface area contributed by atoms with Gasteiger partial charge in [0.2, 0.25) is 0 Å². The van der Waals surface area contributed by atoms with Crippen LogP contribution in [-0.2, 0) is 4.74 Å². The zero-order chi connectivity index (χ0) is 20.3. The molecule has 1 fully saturated rings. The van der Waals surface area contributed by atoms with Crippen molar-refractivity contribution in [2.75, 3.05) is 31.2 Å². The van der Waals surface area contributed by atoms with Crippen molar-refractivity contribution in [3.63, 3.8) is 0 Å². The molecule has 1 N–H and O–H groups in total. The van der Waals surface area contributed by atoms with Crippen LogP contribution in [0.3, 0.4) is 0 Å². The molecule has 0 atom stereocenters. The largest absolute Gasteiger partial charge is 0.378 e. The Hall–Kier alpha value is -3.15. The summed E-state index contributed by atoms with van der Waals surface area (Å²) in [6.45, 7) is 3.39. The van der Waals surface area contributed by atoms with Crippen LogP contribution in [0.15, 0.2) is 82.9 Å². The normalized spacial score (nSPS) is 16.1. The summed E-state index contributed by atoms with van der Waals surface area (Å²) in [6.07, 6.45) is 0. The number of nitrogens with zero attached hydrogens (tertiary/aromatic N) is 3. The summed E-state index contributed by atoms with van der Waals surface area (Å²) in [5.41, 5.74) is 9.08. The van der Waals surface area contributed by atoms with E-state index in [0.29, 0.717) is 10.9 Å². The third-order valence-corrected chi connectivity index (χ3v) is 5.55. The molecule has 6 heteroatoms. The van der Waals surface area contributed by atoms with Crippen molar-refractivity contribution in [3.8, 4) is 0 Å². The number of para-hydroxylation sites is 1. The molecule has 0 amide bonds. The highest BCUT2D eigenvalue weighted by atomic mass is 35.5. The fraction of sp³-hybridized carbons (Fsp3) is 0.167. The van der Waals surface area contributed by atoms with E-state index in [2.05, 4.69) is 40.7 Å². The molecule has 1 saturated heterocycles. The number of aliphatic imine (C=N–C) groups is 1. The van der Waals surface area contributed by atoms with Crippen molar-refractivity contribution in [1.82, 2.24) is 5.43 Å². The molecule has 5 nitrogen and oxygen atoms in total. The number of fused-ring (bicyclic) bond motifs is 1. The van der Waals surface area contributed by atoms with Gasteiger partial charge < -0.3 is 9.64 Å². The van der Waals surface area contributed by atoms with Crippen LogP contribution in [0.1, 0.15) is 16.7 Å². The van der Waals surface area contributed by atoms with Crippen molar-refractivity contribution >= 4 is 34.5 Å². The van der Waals surface area contributed by atoms with Crippen molar-refractivity contribution in [2.45, 2.75) is 0 Å². The molecule has 0 spiro atoms. The zero-order valence-corrected chi connectivity index (χ0v) is 17.1. The summed E-state index contributed by atoms with van der Waals surface area (Å²) in [6, 6.07) is 24.2. The lowest BCUT2D eigenvalue weighted by Gasteiger charge is -2.29. The average Bonchev–Trinajstić information content (AvgIpc) is 3.00. The van der Waals surface area contributed by atoms with E-state index < -0.39 is 0 Å². The topological polar surface area (TPSA) is 49.2 Å². The van der Waals surface area contributed by atoms with E-state index in [1.807, 2.05) is 42.5 Å². The number of amidine groups is 1. The van der Waals surface area contributed by atoms with Gasteiger partial charge in [0.05, 0.1) is 24.6 Å². The fourth-order valence-corrected chi connectivity index (χ4v) is 3.82.